The number of benzene rings is 2. The number of hydrogen-bond donors (Lipinski definition) is 5. The fourth-order valence-corrected chi connectivity index (χ4v) is 7.85. The summed E-state index contributed by atoms with van der Waals surface area (Å²) in [6.07, 6.45) is 7.81. The van der Waals surface area contributed by atoms with Crippen LogP contribution in [-0.2, 0) is 40.5 Å². The number of piperidine rings is 2. The van der Waals surface area contributed by atoms with E-state index in [0.717, 1.165) is 73.7 Å². The second kappa shape index (κ2) is 21.1. The Kier molecular flexibility index (Phi) is 15.7. The SMILES string of the molecule is C=CC(=O)N1CCC[C@@H](Nc2nc(Nc3ccc4c(c3)CN(C(=O)OC(C)(C)C)C4)ncc2F)C1.C=CC(=O)N1CCC[C@@H](Nc2nc(Nc3ccc4c(c3)CNC4)ncc2F)C1.[I-]. The van der Waals surface area contributed by atoms with Gasteiger partial charge in [0.1, 0.15) is 5.60 Å². The van der Waals surface area contributed by atoms with Crippen molar-refractivity contribution >= 4 is 52.8 Å². The van der Waals surface area contributed by atoms with Crippen molar-refractivity contribution in [3.05, 3.63) is 108 Å². The van der Waals surface area contributed by atoms with Crippen molar-refractivity contribution in [2.45, 2.75) is 90.3 Å². The normalized spacial score (nSPS) is 17.7. The highest BCUT2D eigenvalue weighted by molar-refractivity contribution is 5.87. The number of likely N-dealkylation sites (tertiary alicyclic amines) is 2. The van der Waals surface area contributed by atoms with Crippen molar-refractivity contribution in [3.63, 3.8) is 0 Å². The van der Waals surface area contributed by atoms with Crippen LogP contribution < -0.4 is 50.6 Å². The van der Waals surface area contributed by atoms with E-state index in [1.807, 2.05) is 45.0 Å². The number of aromatic nitrogens is 4. The first-order chi connectivity index (χ1) is 30.2. The molecule has 0 saturated carbocycles. The smallest absolute Gasteiger partial charge is 0.410 e. The molecule has 2 saturated heterocycles. The van der Waals surface area contributed by atoms with Gasteiger partial charge in [-0.15, -0.1) is 0 Å². The highest BCUT2D eigenvalue weighted by atomic mass is 127. The molecule has 6 heterocycles. The van der Waals surface area contributed by atoms with Gasteiger partial charge in [0.05, 0.1) is 12.4 Å². The fraction of sp³-hybridized carbons (Fsp3) is 0.400. The Morgan fingerprint density at radius 2 is 1.22 bits per heavy atom. The maximum Gasteiger partial charge on any atom is 0.410 e. The third-order valence-electron chi connectivity index (χ3n) is 10.9. The maximum absolute atomic E-state index is 14.4. The molecule has 0 unspecified atom stereocenters. The third kappa shape index (κ3) is 12.4. The minimum atomic E-state index is -0.565. The van der Waals surface area contributed by atoms with Gasteiger partial charge < -0.3 is 65.1 Å². The van der Waals surface area contributed by atoms with Crippen LogP contribution in [0.5, 0.6) is 0 Å². The number of halogens is 3. The molecular formula is C45H54F2IN12O4-. The first-order valence-corrected chi connectivity index (χ1v) is 21.1. The summed E-state index contributed by atoms with van der Waals surface area (Å²) < 4.78 is 34.2. The van der Waals surface area contributed by atoms with Crippen molar-refractivity contribution in [1.82, 2.24) is 40.0 Å². The molecule has 340 valence electrons. The van der Waals surface area contributed by atoms with Gasteiger partial charge in [0.25, 0.3) is 0 Å². The molecule has 0 spiro atoms. The first kappa shape index (κ1) is 47.5. The number of rotatable bonds is 10. The molecule has 8 rings (SSSR count). The number of ether oxygens (including phenoxy) is 1. The Labute approximate surface area is 388 Å². The van der Waals surface area contributed by atoms with E-state index in [1.165, 1.54) is 23.3 Å². The van der Waals surface area contributed by atoms with Crippen LogP contribution in [0.15, 0.2) is 74.1 Å². The van der Waals surface area contributed by atoms with E-state index in [4.69, 9.17) is 4.74 Å². The number of amides is 3. The Morgan fingerprint density at radius 3 is 1.73 bits per heavy atom. The van der Waals surface area contributed by atoms with Gasteiger partial charge in [-0.2, -0.15) is 9.97 Å². The Hall–Kier alpha value is -5.96. The van der Waals surface area contributed by atoms with Crippen LogP contribution >= 0.6 is 0 Å². The molecule has 2 fully saturated rings. The molecule has 0 radical (unpaired) electrons. The van der Waals surface area contributed by atoms with Gasteiger partial charge in [-0.05, 0) is 105 Å². The number of anilines is 6. The zero-order valence-electron chi connectivity index (χ0n) is 36.2. The topological polar surface area (TPSA) is 182 Å². The van der Waals surface area contributed by atoms with Gasteiger partial charge in [0.15, 0.2) is 23.3 Å². The van der Waals surface area contributed by atoms with Crippen LogP contribution in [0.25, 0.3) is 0 Å². The van der Waals surface area contributed by atoms with E-state index < -0.39 is 17.2 Å². The van der Waals surface area contributed by atoms with Crippen molar-refractivity contribution in [1.29, 1.82) is 0 Å². The summed E-state index contributed by atoms with van der Waals surface area (Å²) >= 11 is 0. The van der Waals surface area contributed by atoms with Crippen LogP contribution in [0.3, 0.4) is 0 Å². The molecule has 5 N–H and O–H groups in total. The quantitative estimate of drug-likeness (QED) is 0.115. The van der Waals surface area contributed by atoms with Crippen LogP contribution in [0.4, 0.5) is 48.5 Å². The summed E-state index contributed by atoms with van der Waals surface area (Å²) in [5, 5.41) is 15.8. The highest BCUT2D eigenvalue weighted by Gasteiger charge is 2.29. The van der Waals surface area contributed by atoms with Crippen molar-refractivity contribution < 1.29 is 51.9 Å². The molecule has 4 aliphatic rings. The number of carbonyl (C=O) groups is 3. The maximum atomic E-state index is 14.4. The van der Waals surface area contributed by atoms with Gasteiger partial charge in [-0.1, -0.05) is 25.3 Å². The van der Waals surface area contributed by atoms with E-state index in [0.29, 0.717) is 45.2 Å². The van der Waals surface area contributed by atoms with Gasteiger partial charge in [-0.3, -0.25) is 14.5 Å². The van der Waals surface area contributed by atoms with E-state index in [9.17, 15) is 23.2 Å². The Morgan fingerprint density at radius 1 is 0.734 bits per heavy atom. The molecule has 16 nitrogen and oxygen atoms in total. The second-order valence-electron chi connectivity index (χ2n) is 16.9. The molecule has 19 heteroatoms. The van der Waals surface area contributed by atoms with Crippen molar-refractivity contribution in [2.24, 2.45) is 0 Å². The highest BCUT2D eigenvalue weighted by Crippen LogP contribution is 2.29. The van der Waals surface area contributed by atoms with Crippen molar-refractivity contribution in [3.8, 4) is 0 Å². The summed E-state index contributed by atoms with van der Waals surface area (Å²) in [6, 6.07) is 11.6. The molecule has 3 amide bonds. The standard InChI is InChI=1S/C25H31FN6O3.C20H23FN6O.HI/c1-5-21(33)31-10-6-7-19(15-31)28-22-20(26)12-27-23(30-22)29-18-9-8-16-13-32(14-17(16)11-18)24(34)35-25(2,3)4;1-2-18(28)27-7-3-4-16(12-27)24-19-17(21)11-23-20(26-19)25-15-6-5-13-9-22-10-14(13)8-15;/h5,8-9,11-12,19H,1,6-7,10,13-15H2,2-4H3,(H2,27,28,29,30);2,5-6,8,11,16,22H,1,3-4,7,9-10,12H2,(H2,23,24,25,26);1H/p-1/t19-;16-;/m11./s1. The summed E-state index contributed by atoms with van der Waals surface area (Å²) in [6.45, 7) is 17.5. The summed E-state index contributed by atoms with van der Waals surface area (Å²) in [5.74, 6) is -0.543. The first-order valence-electron chi connectivity index (χ1n) is 21.1. The lowest BCUT2D eigenvalue weighted by molar-refractivity contribution is -0.127. The largest absolute Gasteiger partial charge is 1.00 e. The zero-order chi connectivity index (χ0) is 44.7. The van der Waals surface area contributed by atoms with Gasteiger partial charge in [0, 0.05) is 75.8 Å². The predicted octanol–water partition coefficient (Wildman–Crippen LogP) is 3.75. The molecular weight excluding hydrogens is 937 g/mol. The van der Waals surface area contributed by atoms with Gasteiger partial charge >= 0.3 is 6.09 Å². The number of hydrogen-bond acceptors (Lipinski definition) is 13. The Bertz CT molecular complexity index is 2360. The molecule has 4 aliphatic heterocycles. The molecule has 2 atom stereocenters. The Balaban J connectivity index is 0.000000214. The second-order valence-corrected chi connectivity index (χ2v) is 16.9. The predicted molar refractivity (Wildman–Crippen MR) is 236 cm³/mol. The zero-order valence-corrected chi connectivity index (χ0v) is 38.4. The molecule has 2 aromatic carbocycles. The van der Waals surface area contributed by atoms with E-state index in [1.54, 1.807) is 14.7 Å². The van der Waals surface area contributed by atoms with Gasteiger partial charge in [0.2, 0.25) is 23.7 Å². The van der Waals surface area contributed by atoms with Crippen LogP contribution in [-0.4, -0.2) is 96.4 Å². The number of fused-ring (bicyclic) bond motifs is 2. The lowest BCUT2D eigenvalue weighted by Gasteiger charge is -2.32. The minimum absolute atomic E-state index is 0. The molecule has 64 heavy (non-hydrogen) atoms. The lowest BCUT2D eigenvalue weighted by atomic mass is 10.1. The van der Waals surface area contributed by atoms with Crippen LogP contribution in [0.2, 0.25) is 0 Å². The summed E-state index contributed by atoms with van der Waals surface area (Å²) in [7, 11) is 0. The molecule has 4 aromatic rings. The molecule has 0 bridgehead atoms. The average Bonchev–Trinajstić information content (AvgIpc) is 3.92. The van der Waals surface area contributed by atoms with Crippen LogP contribution in [0.1, 0.15) is 68.7 Å². The summed E-state index contributed by atoms with van der Waals surface area (Å²) in [5.41, 5.74) is 5.59. The minimum Gasteiger partial charge on any atom is -1.00 e. The monoisotopic (exact) mass is 991 g/mol. The van der Waals surface area contributed by atoms with Crippen LogP contribution in [0, 0.1) is 11.6 Å². The van der Waals surface area contributed by atoms with E-state index >= 15 is 0 Å². The fourth-order valence-electron chi connectivity index (χ4n) is 7.85. The average molecular weight is 992 g/mol. The van der Waals surface area contributed by atoms with Crippen molar-refractivity contribution in [2.75, 3.05) is 47.4 Å². The number of nitrogens with zero attached hydrogens (tertiary/aromatic N) is 7. The lowest BCUT2D eigenvalue weighted by Crippen LogP contribution is -3.00. The number of nitrogens with one attached hydrogen (secondary N) is 5. The molecule has 2 aromatic heterocycles. The van der Waals surface area contributed by atoms with E-state index in [2.05, 4.69) is 71.8 Å². The van der Waals surface area contributed by atoms with E-state index in [-0.39, 0.29) is 71.6 Å². The van der Waals surface area contributed by atoms with Gasteiger partial charge in [-0.25, -0.2) is 23.5 Å². The number of carbonyl (C=O) groups excluding carboxylic acids is 3. The third-order valence-corrected chi connectivity index (χ3v) is 10.9. The molecule has 0 aliphatic carbocycles. The summed E-state index contributed by atoms with van der Waals surface area (Å²) in [4.78, 5) is 58.0.